The monoisotopic (exact) mass is 438 g/mol. The van der Waals surface area contributed by atoms with Crippen LogP contribution in [0.1, 0.15) is 30.8 Å². The highest BCUT2D eigenvalue weighted by atomic mass is 16.5. The van der Waals surface area contributed by atoms with Crippen LogP contribution in [-0.2, 0) is 13.7 Å². The normalized spacial score (nSPS) is 10.7. The van der Waals surface area contributed by atoms with Crippen molar-refractivity contribution in [2.45, 2.75) is 34.3 Å². The van der Waals surface area contributed by atoms with Crippen molar-refractivity contribution in [1.82, 2.24) is 20.0 Å². The first-order chi connectivity index (χ1) is 16.1. The van der Waals surface area contributed by atoms with Crippen LogP contribution >= 0.6 is 0 Å². The van der Waals surface area contributed by atoms with Crippen molar-refractivity contribution in [3.63, 3.8) is 0 Å². The van der Waals surface area contributed by atoms with Gasteiger partial charge < -0.3 is 4.74 Å². The molecule has 5 rings (SSSR count). The molecule has 0 unspecified atom stereocenters. The summed E-state index contributed by atoms with van der Waals surface area (Å²) in [6.45, 7) is 8.59. The van der Waals surface area contributed by atoms with E-state index in [1.54, 1.807) is 0 Å². The summed E-state index contributed by atoms with van der Waals surface area (Å²) >= 11 is 0. The molecule has 3 aromatic carbocycles. The molecule has 0 spiro atoms. The molecule has 5 aromatic rings. The lowest BCUT2D eigenvalue weighted by atomic mass is 10.0. The fraction of sp³-hybridized carbons (Fsp3) is 0.214. The molecule has 168 valence electrons. The zero-order valence-corrected chi connectivity index (χ0v) is 19.9. The van der Waals surface area contributed by atoms with Crippen LogP contribution in [0.2, 0.25) is 0 Å². The Labute approximate surface area is 195 Å². The van der Waals surface area contributed by atoms with E-state index >= 15 is 0 Å². The predicted molar refractivity (Wildman–Crippen MR) is 135 cm³/mol. The average Bonchev–Trinajstić information content (AvgIpc) is 3.43. The van der Waals surface area contributed by atoms with Crippen molar-refractivity contribution in [2.75, 3.05) is 0 Å². The molecule has 33 heavy (non-hydrogen) atoms. The maximum Gasteiger partial charge on any atom is 0.137 e. The van der Waals surface area contributed by atoms with Crippen molar-refractivity contribution in [2.24, 2.45) is 7.05 Å². The Bertz CT molecular complexity index is 1370. The van der Waals surface area contributed by atoms with Gasteiger partial charge in [-0.2, -0.15) is 10.2 Å². The van der Waals surface area contributed by atoms with E-state index in [0.717, 1.165) is 56.0 Å². The van der Waals surface area contributed by atoms with Gasteiger partial charge in [0.2, 0.25) is 0 Å². The number of hydrogen-bond acceptors (Lipinski definition) is 3. The summed E-state index contributed by atoms with van der Waals surface area (Å²) < 4.78 is 8.29. The number of benzene rings is 3. The lowest BCUT2D eigenvalue weighted by Crippen LogP contribution is -1.98. The molecular formula is C28H30N4O. The molecule has 0 fully saturated rings. The van der Waals surface area contributed by atoms with Gasteiger partial charge >= 0.3 is 0 Å². The van der Waals surface area contributed by atoms with Gasteiger partial charge in [0, 0.05) is 29.3 Å². The van der Waals surface area contributed by atoms with Crippen LogP contribution in [-0.4, -0.2) is 20.0 Å². The topological polar surface area (TPSA) is 55.7 Å². The molecule has 0 saturated carbocycles. The van der Waals surface area contributed by atoms with Crippen molar-refractivity contribution in [3.05, 3.63) is 89.7 Å². The van der Waals surface area contributed by atoms with E-state index in [1.807, 2.05) is 62.8 Å². The molecule has 2 heterocycles. The zero-order valence-electron chi connectivity index (χ0n) is 19.9. The first kappa shape index (κ1) is 22.3. The maximum atomic E-state index is 6.39. The number of ether oxygens (including phenoxy) is 1. The van der Waals surface area contributed by atoms with Gasteiger partial charge in [-0.1, -0.05) is 74.5 Å². The summed E-state index contributed by atoms with van der Waals surface area (Å²) in [7, 11) is 1.96. The minimum Gasteiger partial charge on any atom is -0.488 e. The molecule has 0 aliphatic carbocycles. The summed E-state index contributed by atoms with van der Waals surface area (Å²) in [5, 5.41) is 14.6. The third-order valence-electron chi connectivity index (χ3n) is 5.74. The maximum absolute atomic E-state index is 6.39. The Kier molecular flexibility index (Phi) is 6.59. The van der Waals surface area contributed by atoms with E-state index < -0.39 is 0 Å². The largest absolute Gasteiger partial charge is 0.488 e. The van der Waals surface area contributed by atoms with E-state index in [-0.39, 0.29) is 0 Å². The molecule has 0 saturated heterocycles. The van der Waals surface area contributed by atoms with E-state index in [0.29, 0.717) is 6.61 Å². The SMILES string of the molecule is CC.Cc1nn(C)c(C)c1-c1cc(-c2ccc3ccccc3c2OCc2ccccc2)n[nH]1. The average molecular weight is 439 g/mol. The Hall–Kier alpha value is -3.86. The third-order valence-corrected chi connectivity index (χ3v) is 5.74. The van der Waals surface area contributed by atoms with Gasteiger partial charge in [0.05, 0.1) is 17.1 Å². The fourth-order valence-electron chi connectivity index (χ4n) is 4.08. The molecule has 0 aliphatic rings. The highest BCUT2D eigenvalue weighted by Gasteiger charge is 2.18. The van der Waals surface area contributed by atoms with Crippen LogP contribution in [0.25, 0.3) is 33.3 Å². The lowest BCUT2D eigenvalue weighted by molar-refractivity contribution is 0.311. The standard InChI is InChI=1S/C26H24N4O.C2H6/c1-17-25(18(2)30(3)29-17)24-15-23(27-28-24)22-14-13-20-11-7-8-12-21(20)26(22)31-16-19-9-5-4-6-10-19;1-2/h4-15H,16H2,1-3H3,(H,27,28);1-2H3. The second kappa shape index (κ2) is 9.74. The number of aromatic amines is 1. The highest BCUT2D eigenvalue weighted by Crippen LogP contribution is 2.38. The van der Waals surface area contributed by atoms with E-state index in [1.165, 1.54) is 0 Å². The number of rotatable bonds is 5. The molecule has 0 aliphatic heterocycles. The first-order valence-corrected chi connectivity index (χ1v) is 11.4. The van der Waals surface area contributed by atoms with Crippen LogP contribution in [0.3, 0.4) is 0 Å². The zero-order chi connectivity index (χ0) is 23.4. The second-order valence-electron chi connectivity index (χ2n) is 7.77. The fourth-order valence-corrected chi connectivity index (χ4v) is 4.08. The molecular weight excluding hydrogens is 408 g/mol. The Morgan fingerprint density at radius 2 is 1.64 bits per heavy atom. The van der Waals surface area contributed by atoms with Gasteiger partial charge in [-0.15, -0.1) is 0 Å². The molecule has 5 nitrogen and oxygen atoms in total. The van der Waals surface area contributed by atoms with E-state index in [2.05, 4.69) is 64.7 Å². The Morgan fingerprint density at radius 3 is 2.36 bits per heavy atom. The molecule has 0 radical (unpaired) electrons. The van der Waals surface area contributed by atoms with Crippen LogP contribution in [0.5, 0.6) is 5.75 Å². The van der Waals surface area contributed by atoms with Gasteiger partial charge in [0.15, 0.2) is 0 Å². The number of aryl methyl sites for hydroxylation is 2. The number of aromatic nitrogens is 4. The van der Waals surface area contributed by atoms with Gasteiger partial charge in [0.25, 0.3) is 0 Å². The minimum absolute atomic E-state index is 0.500. The summed E-state index contributed by atoms with van der Waals surface area (Å²) in [4.78, 5) is 0. The number of fused-ring (bicyclic) bond motifs is 1. The van der Waals surface area contributed by atoms with Crippen LogP contribution in [0.4, 0.5) is 0 Å². The highest BCUT2D eigenvalue weighted by molar-refractivity contribution is 5.95. The Morgan fingerprint density at radius 1 is 0.909 bits per heavy atom. The number of nitrogens with one attached hydrogen (secondary N) is 1. The van der Waals surface area contributed by atoms with E-state index in [9.17, 15) is 0 Å². The number of nitrogens with zero attached hydrogens (tertiary/aromatic N) is 3. The second-order valence-corrected chi connectivity index (χ2v) is 7.77. The van der Waals surface area contributed by atoms with Gasteiger partial charge in [-0.3, -0.25) is 9.78 Å². The first-order valence-electron chi connectivity index (χ1n) is 11.4. The van der Waals surface area contributed by atoms with Crippen LogP contribution in [0, 0.1) is 13.8 Å². The van der Waals surface area contributed by atoms with Gasteiger partial charge in [-0.25, -0.2) is 0 Å². The molecule has 1 N–H and O–H groups in total. The number of H-pyrrole nitrogens is 1. The summed E-state index contributed by atoms with van der Waals surface area (Å²) in [5.74, 6) is 0.847. The summed E-state index contributed by atoms with van der Waals surface area (Å²) in [5.41, 5.74) is 7.09. The minimum atomic E-state index is 0.500. The van der Waals surface area contributed by atoms with Crippen LogP contribution in [0.15, 0.2) is 72.8 Å². The molecule has 0 atom stereocenters. The van der Waals surface area contributed by atoms with E-state index in [4.69, 9.17) is 4.74 Å². The smallest absolute Gasteiger partial charge is 0.137 e. The van der Waals surface area contributed by atoms with Crippen molar-refractivity contribution >= 4 is 10.8 Å². The van der Waals surface area contributed by atoms with Gasteiger partial charge in [-0.05, 0) is 36.9 Å². The predicted octanol–water partition coefficient (Wildman–Crippen LogP) is 6.85. The quantitative estimate of drug-likeness (QED) is 0.326. The molecule has 5 heteroatoms. The van der Waals surface area contributed by atoms with Crippen molar-refractivity contribution in [3.8, 4) is 28.3 Å². The molecule has 0 bridgehead atoms. The van der Waals surface area contributed by atoms with Gasteiger partial charge in [0.1, 0.15) is 12.4 Å². The van der Waals surface area contributed by atoms with Crippen LogP contribution < -0.4 is 4.74 Å². The Balaban J connectivity index is 0.00000126. The van der Waals surface area contributed by atoms with Crippen molar-refractivity contribution < 1.29 is 4.74 Å². The lowest BCUT2D eigenvalue weighted by Gasteiger charge is -2.13. The summed E-state index contributed by atoms with van der Waals surface area (Å²) in [6, 6.07) is 24.8. The van der Waals surface area contributed by atoms with Crippen molar-refractivity contribution in [1.29, 1.82) is 0 Å². The third kappa shape index (κ3) is 4.40. The number of hydrogen-bond donors (Lipinski definition) is 1. The molecule has 0 amide bonds. The molecule has 2 aromatic heterocycles. The summed E-state index contributed by atoms with van der Waals surface area (Å²) in [6.07, 6.45) is 0.